The summed E-state index contributed by atoms with van der Waals surface area (Å²) in [4.78, 5) is 66.4. The Bertz CT molecular complexity index is 887. The molecule has 4 N–H and O–H groups in total. The highest BCUT2D eigenvalue weighted by Crippen LogP contribution is 2.29. The zero-order valence-corrected chi connectivity index (χ0v) is 25.3. The number of amides is 4. The number of epoxide rings is 1. The molecule has 1 aliphatic heterocycles. The van der Waals surface area contributed by atoms with Crippen LogP contribution in [0.5, 0.6) is 0 Å². The number of nitrogens with one attached hydrogen (secondary N) is 3. The van der Waals surface area contributed by atoms with Crippen LogP contribution < -0.4 is 16.0 Å². The number of ketones is 1. The van der Waals surface area contributed by atoms with Crippen molar-refractivity contribution in [2.24, 2.45) is 17.8 Å². The fourth-order valence-corrected chi connectivity index (χ4v) is 4.41. The van der Waals surface area contributed by atoms with E-state index in [4.69, 9.17) is 4.74 Å². The van der Waals surface area contributed by atoms with E-state index in [1.54, 1.807) is 20.9 Å². The summed E-state index contributed by atoms with van der Waals surface area (Å²) >= 11 is 0. The van der Waals surface area contributed by atoms with Gasteiger partial charge in [-0.2, -0.15) is 0 Å². The molecule has 0 bridgehead atoms. The van der Waals surface area contributed by atoms with E-state index in [9.17, 15) is 29.1 Å². The van der Waals surface area contributed by atoms with Gasteiger partial charge in [0.25, 0.3) is 0 Å². The highest BCUT2D eigenvalue weighted by atomic mass is 16.6. The van der Waals surface area contributed by atoms with E-state index in [0.717, 1.165) is 0 Å². The number of carbonyl (C=O) groups is 5. The highest BCUT2D eigenvalue weighted by molar-refractivity contribution is 5.99. The summed E-state index contributed by atoms with van der Waals surface area (Å²) in [5.41, 5.74) is -0.943. The number of nitrogens with zero attached hydrogens (tertiary/aromatic N) is 1. The zero-order chi connectivity index (χ0) is 30.2. The number of rotatable bonds is 16. The Labute approximate surface area is 233 Å². The molecule has 0 aromatic heterocycles. The summed E-state index contributed by atoms with van der Waals surface area (Å²) in [7, 11) is 1.55. The van der Waals surface area contributed by atoms with E-state index in [-0.39, 0.29) is 36.1 Å². The SMILES string of the molecule is CC[C@@H](C)[C@@H](NC(=O)[C@@H]([C@H](C)CC)N(C)C(C)=O)C(=O)N[C@@H](C(=O)N[C@H](CC(C)C)C(=O)[C@]1(C)CO1)[C@H](C)O. The Morgan fingerprint density at radius 1 is 0.872 bits per heavy atom. The van der Waals surface area contributed by atoms with Crippen molar-refractivity contribution in [3.8, 4) is 0 Å². The molecule has 8 atom stereocenters. The number of hydrogen-bond donors (Lipinski definition) is 4. The molecular weight excluding hydrogens is 504 g/mol. The smallest absolute Gasteiger partial charge is 0.245 e. The number of ether oxygens (including phenoxy) is 1. The number of likely N-dealkylation sites (N-methyl/N-ethyl adjacent to an activating group) is 1. The van der Waals surface area contributed by atoms with Gasteiger partial charge in [0.05, 0.1) is 18.8 Å². The lowest BCUT2D eigenvalue weighted by Crippen LogP contribution is -2.62. The first-order chi connectivity index (χ1) is 18.0. The van der Waals surface area contributed by atoms with E-state index in [2.05, 4.69) is 16.0 Å². The standard InChI is InChI=1S/C28H50N4O7/c1-11-16(5)21(30-27(38)23(17(6)12-2)32(10)19(8)34)25(36)31-22(18(7)33)26(37)29-20(13-15(3)4)24(35)28(9)14-39-28/h15-18,20-23,33H,11-14H2,1-10H3,(H,29,37)(H,30,38)(H,31,36)/t16-,17-,18+,20-,21-,22-,23-,28+/m1/s1. The van der Waals surface area contributed by atoms with Crippen LogP contribution in [-0.2, 0) is 28.7 Å². The number of Topliss-reactive ketones (excluding diaryl/α,β-unsaturated/α-hetero) is 1. The van der Waals surface area contributed by atoms with Gasteiger partial charge in [0.15, 0.2) is 5.78 Å². The molecule has 1 rings (SSSR count). The average molecular weight is 555 g/mol. The largest absolute Gasteiger partial charge is 0.391 e. The van der Waals surface area contributed by atoms with Crippen molar-refractivity contribution < 1.29 is 33.8 Å². The van der Waals surface area contributed by atoms with Crippen LogP contribution in [0.1, 0.15) is 81.6 Å². The van der Waals surface area contributed by atoms with Crippen LogP contribution in [0.15, 0.2) is 0 Å². The van der Waals surface area contributed by atoms with Crippen molar-refractivity contribution in [2.75, 3.05) is 13.7 Å². The lowest BCUT2D eigenvalue weighted by molar-refractivity contribution is -0.141. The lowest BCUT2D eigenvalue weighted by Gasteiger charge is -2.34. The molecule has 0 aliphatic carbocycles. The fraction of sp³-hybridized carbons (Fsp3) is 0.821. The molecular formula is C28H50N4O7. The summed E-state index contributed by atoms with van der Waals surface area (Å²) in [6.45, 7) is 16.0. The van der Waals surface area contributed by atoms with E-state index in [1.165, 1.54) is 18.7 Å². The molecule has 0 aromatic carbocycles. The first-order valence-electron chi connectivity index (χ1n) is 14.0. The topological polar surface area (TPSA) is 157 Å². The Morgan fingerprint density at radius 2 is 1.36 bits per heavy atom. The Kier molecular flexibility index (Phi) is 13.0. The molecule has 1 aliphatic rings. The Morgan fingerprint density at radius 3 is 1.77 bits per heavy atom. The van der Waals surface area contributed by atoms with Crippen LogP contribution in [0.25, 0.3) is 0 Å². The Hall–Kier alpha value is -2.53. The molecule has 11 heteroatoms. The third kappa shape index (κ3) is 9.56. The van der Waals surface area contributed by atoms with Crippen LogP contribution >= 0.6 is 0 Å². The van der Waals surface area contributed by atoms with E-state index in [1.807, 2.05) is 34.6 Å². The molecule has 1 saturated heterocycles. The summed E-state index contributed by atoms with van der Waals surface area (Å²) in [5, 5.41) is 18.5. The molecule has 0 aromatic rings. The quantitative estimate of drug-likeness (QED) is 0.209. The van der Waals surface area contributed by atoms with Crippen molar-refractivity contribution in [3.05, 3.63) is 0 Å². The fourth-order valence-electron chi connectivity index (χ4n) is 4.41. The molecule has 39 heavy (non-hydrogen) atoms. The van der Waals surface area contributed by atoms with Gasteiger partial charge in [-0.1, -0.05) is 54.4 Å². The molecule has 0 radical (unpaired) electrons. The molecule has 0 unspecified atom stereocenters. The summed E-state index contributed by atoms with van der Waals surface area (Å²) in [5.74, 6) is -2.73. The molecule has 0 spiro atoms. The third-order valence-corrected chi connectivity index (χ3v) is 7.66. The van der Waals surface area contributed by atoms with Gasteiger partial charge in [-0.25, -0.2) is 0 Å². The summed E-state index contributed by atoms with van der Waals surface area (Å²) in [6, 6.07) is -4.00. The number of aliphatic hydroxyl groups excluding tert-OH is 1. The van der Waals surface area contributed by atoms with Crippen LogP contribution in [0.3, 0.4) is 0 Å². The minimum atomic E-state index is -1.36. The van der Waals surface area contributed by atoms with Gasteiger partial charge in [0.1, 0.15) is 23.7 Å². The van der Waals surface area contributed by atoms with Gasteiger partial charge in [0.2, 0.25) is 23.6 Å². The zero-order valence-electron chi connectivity index (χ0n) is 25.3. The second-order valence-corrected chi connectivity index (χ2v) is 11.6. The molecule has 1 heterocycles. The maximum atomic E-state index is 13.4. The van der Waals surface area contributed by atoms with Crippen LogP contribution in [0.2, 0.25) is 0 Å². The molecule has 4 amide bonds. The molecule has 0 saturated carbocycles. The highest BCUT2D eigenvalue weighted by Gasteiger charge is 2.50. The van der Waals surface area contributed by atoms with Crippen LogP contribution in [0.4, 0.5) is 0 Å². The van der Waals surface area contributed by atoms with Gasteiger partial charge < -0.3 is 30.7 Å². The van der Waals surface area contributed by atoms with Gasteiger partial charge in [-0.05, 0) is 38.0 Å². The normalized spacial score (nSPS) is 21.9. The molecule has 11 nitrogen and oxygen atoms in total. The van der Waals surface area contributed by atoms with Gasteiger partial charge in [-0.3, -0.25) is 24.0 Å². The molecule has 224 valence electrons. The first kappa shape index (κ1) is 34.5. The second-order valence-electron chi connectivity index (χ2n) is 11.6. The van der Waals surface area contributed by atoms with E-state index in [0.29, 0.717) is 19.3 Å². The molecule has 1 fully saturated rings. The van der Waals surface area contributed by atoms with Crippen molar-refractivity contribution >= 4 is 29.4 Å². The number of aliphatic hydroxyl groups is 1. The predicted octanol–water partition coefficient (Wildman–Crippen LogP) is 1.16. The lowest BCUT2D eigenvalue weighted by atomic mass is 9.92. The second kappa shape index (κ2) is 14.7. The minimum Gasteiger partial charge on any atom is -0.391 e. The van der Waals surface area contributed by atoms with Crippen LogP contribution in [-0.4, -0.2) is 88.9 Å². The first-order valence-corrected chi connectivity index (χ1v) is 14.0. The summed E-state index contributed by atoms with van der Waals surface area (Å²) < 4.78 is 5.27. The van der Waals surface area contributed by atoms with Crippen molar-refractivity contribution in [1.82, 2.24) is 20.9 Å². The van der Waals surface area contributed by atoms with Gasteiger partial charge >= 0.3 is 0 Å². The van der Waals surface area contributed by atoms with Gasteiger partial charge in [0, 0.05) is 14.0 Å². The maximum absolute atomic E-state index is 13.4. The van der Waals surface area contributed by atoms with Crippen molar-refractivity contribution in [3.63, 3.8) is 0 Å². The van der Waals surface area contributed by atoms with E-state index < -0.39 is 53.6 Å². The third-order valence-electron chi connectivity index (χ3n) is 7.66. The summed E-state index contributed by atoms with van der Waals surface area (Å²) in [6.07, 6.45) is 0.280. The van der Waals surface area contributed by atoms with E-state index >= 15 is 0 Å². The van der Waals surface area contributed by atoms with Gasteiger partial charge in [-0.15, -0.1) is 0 Å². The predicted molar refractivity (Wildman–Crippen MR) is 147 cm³/mol. The van der Waals surface area contributed by atoms with Crippen LogP contribution in [0, 0.1) is 17.8 Å². The van der Waals surface area contributed by atoms with Crippen molar-refractivity contribution in [1.29, 1.82) is 0 Å². The Balaban J connectivity index is 3.15. The number of carbonyl (C=O) groups excluding carboxylic acids is 5. The van der Waals surface area contributed by atoms with Crippen molar-refractivity contribution in [2.45, 2.75) is 117 Å². The minimum absolute atomic E-state index is 0.0952. The maximum Gasteiger partial charge on any atom is 0.245 e. The monoisotopic (exact) mass is 554 g/mol. The number of hydrogen-bond acceptors (Lipinski definition) is 7. The average Bonchev–Trinajstić information content (AvgIpc) is 3.61.